The number of nitrogens with zero attached hydrogens (tertiary/aromatic N) is 5. The number of halogens is 5. The number of hydrogen-bond donors (Lipinski definition) is 1. The van der Waals surface area contributed by atoms with Gasteiger partial charge < -0.3 is 0 Å². The molecule has 0 atom stereocenters. The van der Waals surface area contributed by atoms with E-state index in [1.165, 1.54) is 6.07 Å². The maximum absolute atomic E-state index is 13.6. The van der Waals surface area contributed by atoms with E-state index in [2.05, 4.69) is 25.6 Å². The summed E-state index contributed by atoms with van der Waals surface area (Å²) in [4.78, 5) is 8.29. The minimum absolute atomic E-state index is 0.134. The van der Waals surface area contributed by atoms with Gasteiger partial charge in [-0.15, -0.1) is 0 Å². The molecule has 11 heteroatoms. The number of nitrogens with one attached hydrogen (secondary N) is 1. The Morgan fingerprint density at radius 1 is 0.893 bits per heavy atom. The van der Waals surface area contributed by atoms with E-state index in [0.29, 0.717) is 17.9 Å². The third-order valence-corrected chi connectivity index (χ3v) is 3.67. The summed E-state index contributed by atoms with van der Waals surface area (Å²) in [5.74, 6) is -9.41. The zero-order chi connectivity index (χ0) is 20.6. The van der Waals surface area contributed by atoms with Crippen molar-refractivity contribution in [3.05, 3.63) is 64.0 Å². The molecule has 0 spiro atoms. The van der Waals surface area contributed by atoms with Gasteiger partial charge in [0.15, 0.2) is 34.9 Å². The molecule has 0 aliphatic heterocycles. The summed E-state index contributed by atoms with van der Waals surface area (Å²) >= 11 is 0. The fourth-order valence-electron chi connectivity index (χ4n) is 2.48. The van der Waals surface area contributed by atoms with Crippen LogP contribution >= 0.6 is 0 Å². The number of benzene rings is 1. The van der Waals surface area contributed by atoms with Crippen LogP contribution in [0.15, 0.2) is 17.2 Å². The minimum atomic E-state index is -2.24. The van der Waals surface area contributed by atoms with Crippen LogP contribution in [0.25, 0.3) is 5.82 Å². The van der Waals surface area contributed by atoms with E-state index in [0.717, 1.165) is 11.4 Å². The first-order valence-electron chi connectivity index (χ1n) is 7.89. The molecule has 1 N–H and O–H groups in total. The molecule has 0 saturated carbocycles. The molecule has 2 heterocycles. The van der Waals surface area contributed by atoms with Gasteiger partial charge in [-0.3, -0.25) is 5.43 Å². The Kier molecular flexibility index (Phi) is 5.08. The zero-order valence-corrected chi connectivity index (χ0v) is 14.9. The minimum Gasteiger partial charge on any atom is -0.261 e. The molecule has 0 saturated heterocycles. The standard InChI is InChI=1S/C17H13F5N6/c1-7-4-8(2)28(27-7)12-5-11(24-9(3)25-12)26-23-6-10-13(18)15(20)17(22)16(21)14(10)19/h4-6H,1-3H3,(H,24,25,26)/b23-6-. The molecule has 3 rings (SSSR count). The lowest BCUT2D eigenvalue weighted by atomic mass is 10.2. The molecule has 0 fully saturated rings. The monoisotopic (exact) mass is 396 g/mol. The van der Waals surface area contributed by atoms with Crippen LogP contribution in [-0.4, -0.2) is 26.0 Å². The lowest BCUT2D eigenvalue weighted by molar-refractivity contribution is 0.377. The summed E-state index contributed by atoms with van der Waals surface area (Å²) in [7, 11) is 0. The van der Waals surface area contributed by atoms with Crippen LogP contribution in [0.2, 0.25) is 0 Å². The molecule has 28 heavy (non-hydrogen) atoms. The number of rotatable bonds is 4. The average Bonchev–Trinajstić information content (AvgIpc) is 2.99. The van der Waals surface area contributed by atoms with Gasteiger partial charge in [-0.2, -0.15) is 10.2 Å². The Balaban J connectivity index is 1.91. The van der Waals surface area contributed by atoms with Gasteiger partial charge in [0.1, 0.15) is 5.82 Å². The Bertz CT molecular complexity index is 1060. The number of aromatic nitrogens is 4. The predicted octanol–water partition coefficient (Wildman–Crippen LogP) is 3.73. The van der Waals surface area contributed by atoms with E-state index in [9.17, 15) is 22.0 Å². The van der Waals surface area contributed by atoms with Gasteiger partial charge in [-0.25, -0.2) is 36.6 Å². The van der Waals surface area contributed by atoms with Gasteiger partial charge in [0.25, 0.3) is 0 Å². The fourth-order valence-corrected chi connectivity index (χ4v) is 2.48. The highest BCUT2D eigenvalue weighted by Crippen LogP contribution is 2.22. The maximum Gasteiger partial charge on any atom is 0.200 e. The lowest BCUT2D eigenvalue weighted by Gasteiger charge is -2.07. The molecule has 0 bridgehead atoms. The van der Waals surface area contributed by atoms with Crippen molar-refractivity contribution >= 4 is 12.0 Å². The van der Waals surface area contributed by atoms with E-state index >= 15 is 0 Å². The Labute approximate surface area is 155 Å². The summed E-state index contributed by atoms with van der Waals surface area (Å²) in [6, 6.07) is 3.30. The molecule has 0 aliphatic carbocycles. The highest BCUT2D eigenvalue weighted by Gasteiger charge is 2.24. The molecule has 6 nitrogen and oxygen atoms in total. The molecular formula is C17H13F5N6. The molecule has 0 unspecified atom stereocenters. The van der Waals surface area contributed by atoms with Gasteiger partial charge in [-0.1, -0.05) is 0 Å². The molecule has 0 radical (unpaired) electrons. The van der Waals surface area contributed by atoms with E-state index < -0.39 is 34.6 Å². The second kappa shape index (κ2) is 7.33. The summed E-state index contributed by atoms with van der Waals surface area (Å²) < 4.78 is 68.3. The predicted molar refractivity (Wildman–Crippen MR) is 90.8 cm³/mol. The topological polar surface area (TPSA) is 68.0 Å². The first-order valence-corrected chi connectivity index (χ1v) is 7.89. The van der Waals surface area contributed by atoms with Crippen molar-refractivity contribution in [3.63, 3.8) is 0 Å². The van der Waals surface area contributed by atoms with Crippen molar-refractivity contribution in [1.82, 2.24) is 19.7 Å². The Hall–Kier alpha value is -3.37. The summed E-state index contributed by atoms with van der Waals surface area (Å²) in [6.07, 6.45) is 0.483. The highest BCUT2D eigenvalue weighted by molar-refractivity contribution is 5.81. The Morgan fingerprint density at radius 3 is 2.07 bits per heavy atom. The molecular weight excluding hydrogens is 383 g/mol. The van der Waals surface area contributed by atoms with E-state index in [1.807, 2.05) is 19.9 Å². The van der Waals surface area contributed by atoms with Crippen LogP contribution in [-0.2, 0) is 0 Å². The average molecular weight is 396 g/mol. The van der Waals surface area contributed by atoms with Gasteiger partial charge >= 0.3 is 0 Å². The van der Waals surface area contributed by atoms with Crippen LogP contribution in [0.1, 0.15) is 22.8 Å². The quantitative estimate of drug-likeness (QED) is 0.240. The molecule has 0 amide bonds. The normalized spacial score (nSPS) is 11.4. The van der Waals surface area contributed by atoms with E-state index in [4.69, 9.17) is 0 Å². The number of anilines is 1. The van der Waals surface area contributed by atoms with Crippen molar-refractivity contribution in [2.45, 2.75) is 20.8 Å². The second-order valence-electron chi connectivity index (χ2n) is 5.85. The van der Waals surface area contributed by atoms with Gasteiger partial charge in [0.2, 0.25) is 5.82 Å². The van der Waals surface area contributed by atoms with Crippen molar-refractivity contribution in [3.8, 4) is 5.82 Å². The van der Waals surface area contributed by atoms with Gasteiger partial charge in [-0.05, 0) is 26.8 Å². The summed E-state index contributed by atoms with van der Waals surface area (Å²) in [6.45, 7) is 5.24. The SMILES string of the molecule is Cc1cc(C)n(-c2cc(N/N=C\c3c(F)c(F)c(F)c(F)c3F)nc(C)n2)n1. The van der Waals surface area contributed by atoms with Crippen LogP contribution in [0.4, 0.5) is 27.8 Å². The molecule has 0 aliphatic rings. The molecule has 1 aromatic carbocycles. The summed E-state index contributed by atoms with van der Waals surface area (Å²) in [5.41, 5.74) is 2.79. The van der Waals surface area contributed by atoms with Crippen LogP contribution in [0.3, 0.4) is 0 Å². The van der Waals surface area contributed by atoms with Crippen LogP contribution < -0.4 is 5.43 Å². The van der Waals surface area contributed by atoms with Gasteiger partial charge in [0, 0.05) is 11.8 Å². The number of aryl methyl sites for hydroxylation is 3. The van der Waals surface area contributed by atoms with Crippen LogP contribution in [0.5, 0.6) is 0 Å². The third-order valence-electron chi connectivity index (χ3n) is 3.67. The van der Waals surface area contributed by atoms with Gasteiger partial charge in [0.05, 0.1) is 17.5 Å². The zero-order valence-electron chi connectivity index (χ0n) is 14.9. The van der Waals surface area contributed by atoms with E-state index in [-0.39, 0.29) is 5.82 Å². The largest absolute Gasteiger partial charge is 0.261 e. The number of hydrogen-bond acceptors (Lipinski definition) is 5. The first-order chi connectivity index (χ1) is 13.2. The van der Waals surface area contributed by atoms with Crippen molar-refractivity contribution in [1.29, 1.82) is 0 Å². The van der Waals surface area contributed by atoms with Crippen molar-refractivity contribution < 1.29 is 22.0 Å². The Morgan fingerprint density at radius 2 is 1.50 bits per heavy atom. The van der Waals surface area contributed by atoms with Crippen LogP contribution in [0, 0.1) is 49.9 Å². The van der Waals surface area contributed by atoms with Crippen molar-refractivity contribution in [2.75, 3.05) is 5.43 Å². The first kappa shape index (κ1) is 19.4. The second-order valence-corrected chi connectivity index (χ2v) is 5.85. The molecule has 3 aromatic rings. The number of hydrazone groups is 1. The molecule has 2 aromatic heterocycles. The smallest absolute Gasteiger partial charge is 0.200 e. The highest BCUT2D eigenvalue weighted by atomic mass is 19.2. The molecule has 146 valence electrons. The lowest BCUT2D eigenvalue weighted by Crippen LogP contribution is -2.08. The van der Waals surface area contributed by atoms with E-state index in [1.54, 1.807) is 11.6 Å². The fraction of sp³-hybridized carbons (Fsp3) is 0.176. The maximum atomic E-state index is 13.6. The summed E-state index contributed by atoms with van der Waals surface area (Å²) in [5, 5.41) is 7.80. The third kappa shape index (κ3) is 3.55. The van der Waals surface area contributed by atoms with Crippen molar-refractivity contribution in [2.24, 2.45) is 5.10 Å².